The monoisotopic (exact) mass is 254 g/mol. The first-order valence-electron chi connectivity index (χ1n) is 5.40. The second-order valence-electron chi connectivity index (χ2n) is 3.87. The lowest BCUT2D eigenvalue weighted by Gasteiger charge is -2.21. The van der Waals surface area contributed by atoms with Gasteiger partial charge in [-0.1, -0.05) is 0 Å². The number of aliphatic hydroxyl groups excluding tert-OH is 4. The average molecular weight is 254 g/mol. The third kappa shape index (κ3) is 7.28. The highest BCUT2D eigenvalue weighted by molar-refractivity contribution is 6.48. The van der Waals surface area contributed by atoms with Crippen molar-refractivity contribution < 1.29 is 30.0 Å². The lowest BCUT2D eigenvalue weighted by Crippen LogP contribution is -2.41. The van der Waals surface area contributed by atoms with Crippen molar-refractivity contribution >= 4 is 9.04 Å². The highest BCUT2D eigenvalue weighted by atomic mass is 28.3. The van der Waals surface area contributed by atoms with Gasteiger partial charge in [0.05, 0.1) is 13.2 Å². The molecule has 0 bridgehead atoms. The molecule has 16 heavy (non-hydrogen) atoms. The smallest absolute Gasteiger partial charge is 0.169 e. The van der Waals surface area contributed by atoms with Crippen molar-refractivity contribution in [1.29, 1.82) is 0 Å². The van der Waals surface area contributed by atoms with Crippen LogP contribution in [0.1, 0.15) is 6.42 Å². The van der Waals surface area contributed by atoms with Crippen LogP contribution in [0.5, 0.6) is 0 Å². The molecule has 0 rings (SSSR count). The molecular weight excluding hydrogens is 232 g/mol. The van der Waals surface area contributed by atoms with Gasteiger partial charge in [0.25, 0.3) is 0 Å². The minimum absolute atomic E-state index is 0.0976. The van der Waals surface area contributed by atoms with Gasteiger partial charge in [0.1, 0.15) is 18.3 Å². The molecule has 7 heteroatoms. The summed E-state index contributed by atoms with van der Waals surface area (Å²) in [5.74, 6) is 0. The predicted molar refractivity (Wildman–Crippen MR) is 60.6 cm³/mol. The van der Waals surface area contributed by atoms with E-state index < -0.39 is 34.0 Å². The molecule has 0 heterocycles. The predicted octanol–water partition coefficient (Wildman–Crippen LogP) is -2.19. The number of hydrogen-bond acceptors (Lipinski definition) is 6. The largest absolute Gasteiger partial charge is 0.435 e. The summed E-state index contributed by atoms with van der Waals surface area (Å²) >= 11 is 0. The molecule has 0 aliphatic heterocycles. The van der Waals surface area contributed by atoms with E-state index in [1.165, 1.54) is 0 Å². The van der Waals surface area contributed by atoms with Crippen LogP contribution in [0.2, 0.25) is 12.6 Å². The van der Waals surface area contributed by atoms with Gasteiger partial charge < -0.3 is 30.0 Å². The molecule has 0 aromatic heterocycles. The van der Waals surface area contributed by atoms with Crippen LogP contribution in [0.25, 0.3) is 0 Å². The molecule has 0 spiro atoms. The normalized spacial score (nSPS) is 19.1. The summed E-state index contributed by atoms with van der Waals surface area (Å²) in [6.45, 7) is 1.51. The minimum atomic E-state index is -1.54. The van der Waals surface area contributed by atoms with Crippen LogP contribution in [0.15, 0.2) is 0 Å². The van der Waals surface area contributed by atoms with Crippen molar-refractivity contribution in [3.63, 3.8) is 0 Å². The molecule has 0 saturated carbocycles. The van der Waals surface area contributed by atoms with Crippen LogP contribution < -0.4 is 0 Å². The van der Waals surface area contributed by atoms with Gasteiger partial charge in [0, 0.05) is 6.61 Å². The summed E-state index contributed by atoms with van der Waals surface area (Å²) in [4.78, 5) is 9.09. The quantitative estimate of drug-likeness (QED) is 0.236. The van der Waals surface area contributed by atoms with Crippen LogP contribution in [0.4, 0.5) is 0 Å². The fourth-order valence-corrected chi connectivity index (χ4v) is 1.91. The van der Waals surface area contributed by atoms with Gasteiger partial charge in [0.2, 0.25) is 0 Å². The molecule has 6 nitrogen and oxygen atoms in total. The molecule has 0 saturated heterocycles. The summed E-state index contributed by atoms with van der Waals surface area (Å²) < 4.78 is 5.07. The molecule has 0 fully saturated rings. The van der Waals surface area contributed by atoms with Crippen LogP contribution in [-0.2, 0) is 4.74 Å². The molecule has 0 aromatic rings. The zero-order valence-corrected chi connectivity index (χ0v) is 10.6. The molecule has 0 amide bonds. The van der Waals surface area contributed by atoms with Gasteiger partial charge in [0.15, 0.2) is 9.04 Å². The molecule has 0 aromatic carbocycles. The van der Waals surface area contributed by atoms with E-state index in [0.29, 0.717) is 6.61 Å². The lowest BCUT2D eigenvalue weighted by atomic mass is 10.1. The maximum Gasteiger partial charge on any atom is 0.169 e. The summed E-state index contributed by atoms with van der Waals surface area (Å²) in [6.07, 6.45) is -3.26. The first kappa shape index (κ1) is 16.0. The zero-order chi connectivity index (χ0) is 12.6. The summed E-state index contributed by atoms with van der Waals surface area (Å²) in [5, 5.41) is 36.2. The lowest BCUT2D eigenvalue weighted by molar-refractivity contribution is -0.0995. The molecule has 0 radical (unpaired) electrons. The Bertz CT molecular complexity index is 168. The highest BCUT2D eigenvalue weighted by Crippen LogP contribution is 2.02. The van der Waals surface area contributed by atoms with Crippen LogP contribution in [0, 0.1) is 0 Å². The minimum Gasteiger partial charge on any atom is -0.435 e. The fourth-order valence-electron chi connectivity index (χ4n) is 1.15. The van der Waals surface area contributed by atoms with E-state index >= 15 is 0 Å². The van der Waals surface area contributed by atoms with E-state index in [1.54, 1.807) is 0 Å². The Morgan fingerprint density at radius 2 is 1.81 bits per heavy atom. The molecule has 4 atom stereocenters. The molecule has 0 aliphatic carbocycles. The first-order valence-corrected chi connectivity index (χ1v) is 7.88. The third-order valence-electron chi connectivity index (χ3n) is 2.17. The average Bonchev–Trinajstić information content (AvgIpc) is 2.25. The second kappa shape index (κ2) is 9.05. The van der Waals surface area contributed by atoms with Gasteiger partial charge >= 0.3 is 0 Å². The Hall–Kier alpha value is -0.0231. The van der Waals surface area contributed by atoms with Crippen molar-refractivity contribution in [1.82, 2.24) is 0 Å². The van der Waals surface area contributed by atoms with Crippen molar-refractivity contribution in [3.8, 4) is 0 Å². The van der Waals surface area contributed by atoms with Crippen molar-refractivity contribution in [2.75, 3.05) is 19.8 Å². The fraction of sp³-hybridized carbons (Fsp3) is 1.00. The second-order valence-corrected chi connectivity index (χ2v) is 6.15. The Balaban J connectivity index is 3.53. The van der Waals surface area contributed by atoms with E-state index in [2.05, 4.69) is 0 Å². The summed E-state index contributed by atoms with van der Waals surface area (Å²) in [6, 6.07) is 0.748. The van der Waals surface area contributed by atoms with E-state index in [0.717, 1.165) is 12.5 Å². The van der Waals surface area contributed by atoms with Gasteiger partial charge in [-0.2, -0.15) is 0 Å². The number of ether oxygens (including phenoxy) is 1. The Labute approximate surface area is 96.8 Å². The maximum absolute atomic E-state index is 9.34. The topological polar surface area (TPSA) is 110 Å². The maximum atomic E-state index is 9.34. The summed E-state index contributed by atoms with van der Waals surface area (Å²) in [5.41, 5.74) is 0. The SMILES string of the molecule is C[SiH](O)CCCOCC(O)C(O)C(O)CO. The van der Waals surface area contributed by atoms with Crippen molar-refractivity contribution in [2.45, 2.75) is 37.3 Å². The van der Waals surface area contributed by atoms with Crippen molar-refractivity contribution in [2.24, 2.45) is 0 Å². The number of aliphatic hydroxyl groups is 4. The molecule has 98 valence electrons. The Morgan fingerprint density at radius 3 is 2.31 bits per heavy atom. The van der Waals surface area contributed by atoms with E-state index in [4.69, 9.17) is 19.7 Å². The highest BCUT2D eigenvalue weighted by Gasteiger charge is 2.23. The van der Waals surface area contributed by atoms with Gasteiger partial charge in [-0.25, -0.2) is 0 Å². The van der Waals surface area contributed by atoms with Crippen LogP contribution >= 0.6 is 0 Å². The van der Waals surface area contributed by atoms with E-state index in [1.807, 2.05) is 6.55 Å². The molecule has 0 aliphatic rings. The van der Waals surface area contributed by atoms with E-state index in [9.17, 15) is 10.2 Å². The zero-order valence-electron chi connectivity index (χ0n) is 9.49. The third-order valence-corrected chi connectivity index (χ3v) is 3.42. The molecule has 4 unspecified atom stereocenters. The van der Waals surface area contributed by atoms with Crippen molar-refractivity contribution in [3.05, 3.63) is 0 Å². The number of rotatable bonds is 9. The van der Waals surface area contributed by atoms with Gasteiger partial charge in [-0.05, 0) is 19.0 Å². The molecule has 5 N–H and O–H groups in total. The Kier molecular flexibility index (Phi) is 9.04. The van der Waals surface area contributed by atoms with Crippen LogP contribution in [-0.4, -0.2) is 72.4 Å². The Morgan fingerprint density at radius 1 is 1.19 bits per heavy atom. The van der Waals surface area contributed by atoms with Gasteiger partial charge in [-0.15, -0.1) is 0 Å². The summed E-state index contributed by atoms with van der Waals surface area (Å²) in [7, 11) is -1.54. The standard InChI is InChI=1S/C9H22O6Si/c1-16(14)4-2-3-15-6-8(12)9(13)7(11)5-10/h7-14,16H,2-6H2,1H3. The van der Waals surface area contributed by atoms with Crippen LogP contribution in [0.3, 0.4) is 0 Å². The first-order chi connectivity index (χ1) is 7.49. The van der Waals surface area contributed by atoms with E-state index in [-0.39, 0.29) is 6.61 Å². The van der Waals surface area contributed by atoms with Gasteiger partial charge in [-0.3, -0.25) is 0 Å². The number of hydrogen-bond donors (Lipinski definition) is 5. The molecular formula is C9H22O6Si.